The topological polar surface area (TPSA) is 44.8 Å². The van der Waals surface area contributed by atoms with E-state index in [1.807, 2.05) is 0 Å². The van der Waals surface area contributed by atoms with E-state index < -0.39 is 5.97 Å². The molecule has 0 unspecified atom stereocenters. The van der Waals surface area contributed by atoms with Crippen LogP contribution in [0, 0.1) is 0 Å². The molecule has 104 valence electrons. The molecule has 0 heterocycles. The number of ether oxygens (including phenoxy) is 3. The molecule has 2 rings (SSSR count). The van der Waals surface area contributed by atoms with E-state index in [2.05, 4.69) is 0 Å². The number of hydrogen-bond acceptors (Lipinski definition) is 4. The van der Waals surface area contributed by atoms with Crippen molar-refractivity contribution in [2.24, 2.45) is 0 Å². The Bertz CT molecular complexity index is 581. The van der Waals surface area contributed by atoms with Crippen LogP contribution in [0.3, 0.4) is 0 Å². The van der Waals surface area contributed by atoms with Crippen molar-refractivity contribution in [1.29, 1.82) is 0 Å². The highest BCUT2D eigenvalue weighted by Crippen LogP contribution is 2.25. The normalized spacial score (nSPS) is 9.90. The summed E-state index contributed by atoms with van der Waals surface area (Å²) in [5.74, 6) is 0.892. The molecule has 0 aliphatic heterocycles. The summed E-state index contributed by atoms with van der Waals surface area (Å²) in [5, 5.41) is 0.606. The van der Waals surface area contributed by atoms with Crippen LogP contribution in [0.25, 0.3) is 0 Å². The van der Waals surface area contributed by atoms with Crippen molar-refractivity contribution in [3.8, 4) is 17.2 Å². The van der Waals surface area contributed by atoms with Crippen LogP contribution >= 0.6 is 11.6 Å². The van der Waals surface area contributed by atoms with Crippen molar-refractivity contribution in [1.82, 2.24) is 0 Å². The molecule has 0 bridgehead atoms. The van der Waals surface area contributed by atoms with E-state index in [0.717, 1.165) is 0 Å². The van der Waals surface area contributed by atoms with Gasteiger partial charge in [0.2, 0.25) is 0 Å². The molecule has 0 saturated carbocycles. The van der Waals surface area contributed by atoms with Gasteiger partial charge in [0.05, 0.1) is 7.11 Å². The summed E-state index contributed by atoms with van der Waals surface area (Å²) in [6, 6.07) is 13.6. The third kappa shape index (κ3) is 3.90. The summed E-state index contributed by atoms with van der Waals surface area (Å²) in [7, 11) is 1.51. The lowest BCUT2D eigenvalue weighted by Gasteiger charge is -2.09. The zero-order valence-electron chi connectivity index (χ0n) is 10.8. The Morgan fingerprint density at radius 3 is 2.35 bits per heavy atom. The molecule has 5 heteroatoms. The van der Waals surface area contributed by atoms with Crippen LogP contribution in [0.2, 0.25) is 5.02 Å². The molecule has 2 aromatic rings. The molecule has 0 N–H and O–H groups in total. The Labute approximate surface area is 121 Å². The second kappa shape index (κ2) is 6.82. The molecule has 20 heavy (non-hydrogen) atoms. The first-order valence-electron chi connectivity index (χ1n) is 5.91. The Balaban J connectivity index is 1.91. The lowest BCUT2D eigenvalue weighted by atomic mass is 10.3. The van der Waals surface area contributed by atoms with E-state index >= 15 is 0 Å². The number of esters is 1. The summed E-state index contributed by atoms with van der Waals surface area (Å²) in [4.78, 5) is 11.7. The van der Waals surface area contributed by atoms with Gasteiger partial charge in [0.15, 0.2) is 18.1 Å². The predicted octanol–water partition coefficient (Wildman–Crippen LogP) is 3.33. The molecule has 0 aliphatic carbocycles. The van der Waals surface area contributed by atoms with E-state index in [1.165, 1.54) is 7.11 Å². The fraction of sp³-hybridized carbons (Fsp3) is 0.133. The molecule has 0 saturated heterocycles. The third-order valence-electron chi connectivity index (χ3n) is 2.46. The van der Waals surface area contributed by atoms with Crippen LogP contribution in [0.4, 0.5) is 0 Å². The number of benzene rings is 2. The van der Waals surface area contributed by atoms with E-state index in [-0.39, 0.29) is 6.61 Å². The average molecular weight is 293 g/mol. The first-order chi connectivity index (χ1) is 9.69. The molecule has 2 aromatic carbocycles. The molecule has 0 fully saturated rings. The van der Waals surface area contributed by atoms with Gasteiger partial charge in [-0.2, -0.15) is 0 Å². The molecular formula is C15H13ClO4. The van der Waals surface area contributed by atoms with Gasteiger partial charge in [0.25, 0.3) is 0 Å². The highest BCUT2D eigenvalue weighted by atomic mass is 35.5. The van der Waals surface area contributed by atoms with Gasteiger partial charge in [-0.25, -0.2) is 4.79 Å². The quantitative estimate of drug-likeness (QED) is 0.626. The van der Waals surface area contributed by atoms with Gasteiger partial charge >= 0.3 is 5.97 Å². The molecule has 0 aliphatic rings. The van der Waals surface area contributed by atoms with Gasteiger partial charge in [-0.05, 0) is 36.4 Å². The first kappa shape index (κ1) is 14.2. The molecular weight excluding hydrogens is 280 g/mol. The summed E-state index contributed by atoms with van der Waals surface area (Å²) < 4.78 is 15.6. The minimum Gasteiger partial charge on any atom is -0.493 e. The summed E-state index contributed by atoms with van der Waals surface area (Å²) in [6.45, 7) is -0.195. The number of halogens is 1. The largest absolute Gasteiger partial charge is 0.493 e. The SMILES string of the molecule is COc1ccccc1OC(=O)COc1ccc(Cl)cc1. The number of carbonyl (C=O) groups is 1. The second-order valence-corrected chi connectivity index (χ2v) is 4.30. The van der Waals surface area contributed by atoms with Crippen molar-refractivity contribution in [3.63, 3.8) is 0 Å². The van der Waals surface area contributed by atoms with Gasteiger partial charge in [0, 0.05) is 5.02 Å². The molecule has 0 spiro atoms. The van der Waals surface area contributed by atoms with E-state index in [0.29, 0.717) is 22.3 Å². The zero-order chi connectivity index (χ0) is 14.4. The van der Waals surface area contributed by atoms with Gasteiger partial charge in [0.1, 0.15) is 5.75 Å². The highest BCUT2D eigenvalue weighted by molar-refractivity contribution is 6.30. The minimum atomic E-state index is -0.510. The van der Waals surface area contributed by atoms with Gasteiger partial charge in [-0.3, -0.25) is 0 Å². The lowest BCUT2D eigenvalue weighted by molar-refractivity contribution is -0.136. The van der Waals surface area contributed by atoms with E-state index in [1.54, 1.807) is 48.5 Å². The summed E-state index contributed by atoms with van der Waals surface area (Å²) in [6.07, 6.45) is 0. The standard InChI is InChI=1S/C15H13ClO4/c1-18-13-4-2-3-5-14(13)20-15(17)10-19-12-8-6-11(16)7-9-12/h2-9H,10H2,1H3. The fourth-order valence-corrected chi connectivity index (χ4v) is 1.65. The molecule has 0 amide bonds. The van der Waals surface area contributed by atoms with Crippen LogP contribution in [0.5, 0.6) is 17.2 Å². The maximum absolute atomic E-state index is 11.7. The molecule has 4 nitrogen and oxygen atoms in total. The number of methoxy groups -OCH3 is 1. The molecule has 0 aromatic heterocycles. The highest BCUT2D eigenvalue weighted by Gasteiger charge is 2.10. The van der Waals surface area contributed by atoms with E-state index in [9.17, 15) is 4.79 Å². The zero-order valence-corrected chi connectivity index (χ0v) is 11.6. The Morgan fingerprint density at radius 1 is 1.05 bits per heavy atom. The van der Waals surface area contributed by atoms with Crippen molar-refractivity contribution in [2.45, 2.75) is 0 Å². The van der Waals surface area contributed by atoms with Crippen LogP contribution in [-0.2, 0) is 4.79 Å². The van der Waals surface area contributed by atoms with Crippen molar-refractivity contribution in [3.05, 3.63) is 53.6 Å². The maximum Gasteiger partial charge on any atom is 0.349 e. The lowest BCUT2D eigenvalue weighted by Crippen LogP contribution is -2.18. The monoisotopic (exact) mass is 292 g/mol. The number of rotatable bonds is 5. The minimum absolute atomic E-state index is 0.195. The van der Waals surface area contributed by atoms with Crippen LogP contribution in [0.15, 0.2) is 48.5 Å². The third-order valence-corrected chi connectivity index (χ3v) is 2.72. The second-order valence-electron chi connectivity index (χ2n) is 3.87. The van der Waals surface area contributed by atoms with Crippen molar-refractivity contribution >= 4 is 17.6 Å². The predicted molar refractivity (Wildman–Crippen MR) is 75.6 cm³/mol. The number of hydrogen-bond donors (Lipinski definition) is 0. The average Bonchev–Trinajstić information content (AvgIpc) is 2.47. The Kier molecular flexibility index (Phi) is 4.85. The summed E-state index contributed by atoms with van der Waals surface area (Å²) in [5.41, 5.74) is 0. The number of para-hydroxylation sites is 2. The summed E-state index contributed by atoms with van der Waals surface area (Å²) >= 11 is 5.75. The number of carbonyl (C=O) groups excluding carboxylic acids is 1. The van der Waals surface area contributed by atoms with Crippen molar-refractivity contribution < 1.29 is 19.0 Å². The van der Waals surface area contributed by atoms with Gasteiger partial charge in [-0.15, -0.1) is 0 Å². The first-order valence-corrected chi connectivity index (χ1v) is 6.29. The molecule has 0 radical (unpaired) electrons. The Hall–Kier alpha value is -2.20. The van der Waals surface area contributed by atoms with Crippen LogP contribution in [-0.4, -0.2) is 19.7 Å². The maximum atomic E-state index is 11.7. The van der Waals surface area contributed by atoms with E-state index in [4.69, 9.17) is 25.8 Å². The van der Waals surface area contributed by atoms with Crippen LogP contribution < -0.4 is 14.2 Å². The molecule has 0 atom stereocenters. The Morgan fingerprint density at radius 2 is 1.70 bits per heavy atom. The fourth-order valence-electron chi connectivity index (χ4n) is 1.53. The van der Waals surface area contributed by atoms with Crippen LogP contribution in [0.1, 0.15) is 0 Å². The smallest absolute Gasteiger partial charge is 0.349 e. The van der Waals surface area contributed by atoms with Crippen molar-refractivity contribution in [2.75, 3.05) is 13.7 Å². The van der Waals surface area contributed by atoms with Gasteiger partial charge in [-0.1, -0.05) is 23.7 Å². The van der Waals surface area contributed by atoms with Gasteiger partial charge < -0.3 is 14.2 Å².